The van der Waals surface area contributed by atoms with E-state index in [0.717, 1.165) is 18.4 Å². The van der Waals surface area contributed by atoms with Crippen molar-refractivity contribution >= 4 is 5.97 Å². The van der Waals surface area contributed by atoms with Gasteiger partial charge in [-0.3, -0.25) is 0 Å². The van der Waals surface area contributed by atoms with E-state index in [0.29, 0.717) is 12.1 Å². The number of aromatic carboxylic acids is 1. The topological polar surface area (TPSA) is 68.0 Å². The molecule has 98 valence electrons. The molecular formula is C13H12FN3O2. The highest BCUT2D eigenvalue weighted by Crippen LogP contribution is 2.30. The average molecular weight is 261 g/mol. The van der Waals surface area contributed by atoms with Crippen molar-refractivity contribution in [2.75, 3.05) is 0 Å². The number of rotatable bonds is 2. The normalized spacial score (nSPS) is 18.1. The minimum Gasteiger partial charge on any atom is -0.476 e. The van der Waals surface area contributed by atoms with Gasteiger partial charge in [-0.1, -0.05) is 17.3 Å². The molecule has 1 aromatic heterocycles. The largest absolute Gasteiger partial charge is 0.476 e. The lowest BCUT2D eigenvalue weighted by Gasteiger charge is -2.24. The van der Waals surface area contributed by atoms with Crippen LogP contribution in [0.5, 0.6) is 0 Å². The number of carbonyl (C=O) groups is 1. The van der Waals surface area contributed by atoms with Crippen LogP contribution in [0.25, 0.3) is 0 Å². The van der Waals surface area contributed by atoms with Crippen molar-refractivity contribution in [3.8, 4) is 0 Å². The third-order valence-corrected chi connectivity index (χ3v) is 3.43. The minimum absolute atomic E-state index is 0.0202. The number of fused-ring (bicyclic) bond motifs is 1. The third-order valence-electron chi connectivity index (χ3n) is 3.43. The Labute approximate surface area is 108 Å². The maximum Gasteiger partial charge on any atom is 0.358 e. The summed E-state index contributed by atoms with van der Waals surface area (Å²) >= 11 is 0. The van der Waals surface area contributed by atoms with Gasteiger partial charge in [-0.2, -0.15) is 0 Å². The Morgan fingerprint density at radius 3 is 2.79 bits per heavy atom. The molecule has 0 radical (unpaired) electrons. The average Bonchev–Trinajstić information content (AvgIpc) is 2.83. The second-order valence-electron chi connectivity index (χ2n) is 4.59. The van der Waals surface area contributed by atoms with Crippen LogP contribution in [0.1, 0.15) is 40.6 Å². The van der Waals surface area contributed by atoms with E-state index < -0.39 is 5.97 Å². The van der Waals surface area contributed by atoms with Gasteiger partial charge in [0.25, 0.3) is 0 Å². The number of nitrogens with zero attached hydrogens (tertiary/aromatic N) is 3. The van der Waals surface area contributed by atoms with Crippen LogP contribution in [0.3, 0.4) is 0 Å². The van der Waals surface area contributed by atoms with E-state index in [1.54, 1.807) is 16.8 Å². The molecule has 0 amide bonds. The molecule has 2 heterocycles. The van der Waals surface area contributed by atoms with E-state index in [-0.39, 0.29) is 17.6 Å². The number of hydrogen-bond donors (Lipinski definition) is 1. The van der Waals surface area contributed by atoms with Crippen molar-refractivity contribution in [3.63, 3.8) is 0 Å². The fourth-order valence-corrected chi connectivity index (χ4v) is 2.54. The van der Waals surface area contributed by atoms with Crippen LogP contribution >= 0.6 is 0 Å². The van der Waals surface area contributed by atoms with Crippen molar-refractivity contribution in [1.82, 2.24) is 15.0 Å². The summed E-state index contributed by atoms with van der Waals surface area (Å²) in [5, 5.41) is 16.7. The van der Waals surface area contributed by atoms with Crippen LogP contribution in [-0.4, -0.2) is 26.1 Å². The number of carboxylic acids is 1. The predicted molar refractivity (Wildman–Crippen MR) is 64.5 cm³/mol. The van der Waals surface area contributed by atoms with E-state index in [1.807, 2.05) is 0 Å². The van der Waals surface area contributed by atoms with Crippen LogP contribution in [0.4, 0.5) is 4.39 Å². The van der Waals surface area contributed by atoms with Gasteiger partial charge in [0, 0.05) is 0 Å². The van der Waals surface area contributed by atoms with Crippen LogP contribution in [0, 0.1) is 5.82 Å². The second kappa shape index (κ2) is 4.46. The zero-order chi connectivity index (χ0) is 13.4. The molecule has 2 aromatic rings. The number of carboxylic acid groups (broad SMARTS) is 1. The lowest BCUT2D eigenvalue weighted by atomic mass is 9.96. The molecule has 1 unspecified atom stereocenters. The molecule has 0 saturated heterocycles. The van der Waals surface area contributed by atoms with Crippen molar-refractivity contribution in [2.24, 2.45) is 0 Å². The zero-order valence-corrected chi connectivity index (χ0v) is 10.1. The molecule has 1 atom stereocenters. The lowest BCUT2D eigenvalue weighted by molar-refractivity contribution is 0.0688. The van der Waals surface area contributed by atoms with Crippen LogP contribution in [-0.2, 0) is 6.42 Å². The number of aromatic nitrogens is 3. The highest BCUT2D eigenvalue weighted by molar-refractivity contribution is 5.86. The van der Waals surface area contributed by atoms with Gasteiger partial charge in [0.15, 0.2) is 5.69 Å². The van der Waals surface area contributed by atoms with Gasteiger partial charge in [-0.05, 0) is 37.0 Å². The van der Waals surface area contributed by atoms with E-state index in [4.69, 9.17) is 5.11 Å². The summed E-state index contributed by atoms with van der Waals surface area (Å²) in [7, 11) is 0. The third kappa shape index (κ3) is 1.99. The molecule has 1 aliphatic heterocycles. The van der Waals surface area contributed by atoms with E-state index in [9.17, 15) is 9.18 Å². The summed E-state index contributed by atoms with van der Waals surface area (Å²) in [5.74, 6) is -1.34. The molecule has 0 spiro atoms. The van der Waals surface area contributed by atoms with Gasteiger partial charge in [0.05, 0.1) is 11.7 Å². The fraction of sp³-hybridized carbons (Fsp3) is 0.308. The first kappa shape index (κ1) is 11.8. The molecule has 0 fully saturated rings. The molecule has 1 aliphatic rings. The van der Waals surface area contributed by atoms with Crippen molar-refractivity contribution in [2.45, 2.75) is 25.3 Å². The van der Waals surface area contributed by atoms with Crippen molar-refractivity contribution in [1.29, 1.82) is 0 Å². The maximum absolute atomic E-state index is 12.9. The molecule has 0 bridgehead atoms. The van der Waals surface area contributed by atoms with Gasteiger partial charge in [-0.25, -0.2) is 13.9 Å². The molecule has 3 rings (SSSR count). The van der Waals surface area contributed by atoms with E-state index in [2.05, 4.69) is 10.3 Å². The molecular weight excluding hydrogens is 249 g/mol. The van der Waals surface area contributed by atoms with E-state index >= 15 is 0 Å². The quantitative estimate of drug-likeness (QED) is 0.898. The Balaban J connectivity index is 2.03. The maximum atomic E-state index is 12.9. The fourth-order valence-electron chi connectivity index (χ4n) is 2.54. The minimum atomic E-state index is -1.05. The summed E-state index contributed by atoms with van der Waals surface area (Å²) in [6.45, 7) is 0. The summed E-state index contributed by atoms with van der Waals surface area (Å²) in [4.78, 5) is 11.1. The van der Waals surface area contributed by atoms with Gasteiger partial charge in [-0.15, -0.1) is 5.10 Å². The molecule has 19 heavy (non-hydrogen) atoms. The van der Waals surface area contributed by atoms with Crippen LogP contribution in [0.2, 0.25) is 0 Å². The first-order valence-corrected chi connectivity index (χ1v) is 6.09. The number of hydrogen-bond acceptors (Lipinski definition) is 3. The molecule has 5 nitrogen and oxygen atoms in total. The van der Waals surface area contributed by atoms with Gasteiger partial charge in [0.1, 0.15) is 5.82 Å². The Morgan fingerprint density at radius 2 is 2.11 bits per heavy atom. The number of benzene rings is 1. The van der Waals surface area contributed by atoms with Crippen LogP contribution < -0.4 is 0 Å². The van der Waals surface area contributed by atoms with Gasteiger partial charge >= 0.3 is 5.97 Å². The summed E-state index contributed by atoms with van der Waals surface area (Å²) in [6, 6.07) is 6.15. The van der Waals surface area contributed by atoms with Crippen molar-refractivity contribution < 1.29 is 14.3 Å². The first-order valence-electron chi connectivity index (χ1n) is 6.09. The SMILES string of the molecule is O=C(O)c1nnn2c1CCCC2c1ccc(F)cc1. The Hall–Kier alpha value is -2.24. The zero-order valence-electron chi connectivity index (χ0n) is 10.1. The highest BCUT2D eigenvalue weighted by atomic mass is 19.1. The van der Waals surface area contributed by atoms with Gasteiger partial charge < -0.3 is 5.11 Å². The van der Waals surface area contributed by atoms with Crippen molar-refractivity contribution in [3.05, 3.63) is 47.0 Å². The predicted octanol–water partition coefficient (Wildman–Crippen LogP) is 2.04. The Kier molecular flexibility index (Phi) is 2.77. The Bertz CT molecular complexity index is 621. The molecule has 0 aliphatic carbocycles. The van der Waals surface area contributed by atoms with Gasteiger partial charge in [0.2, 0.25) is 0 Å². The first-order chi connectivity index (χ1) is 9.16. The number of halogens is 1. The molecule has 1 N–H and O–H groups in total. The summed E-state index contributed by atoms with van der Waals surface area (Å²) in [5.41, 5.74) is 1.59. The monoisotopic (exact) mass is 261 g/mol. The second-order valence-corrected chi connectivity index (χ2v) is 4.59. The van der Waals surface area contributed by atoms with Crippen LogP contribution in [0.15, 0.2) is 24.3 Å². The van der Waals surface area contributed by atoms with E-state index in [1.165, 1.54) is 12.1 Å². The molecule has 0 saturated carbocycles. The molecule has 6 heteroatoms. The lowest BCUT2D eigenvalue weighted by Crippen LogP contribution is -2.21. The summed E-state index contributed by atoms with van der Waals surface area (Å²) in [6.07, 6.45) is 2.38. The molecule has 1 aromatic carbocycles. The Morgan fingerprint density at radius 1 is 1.37 bits per heavy atom. The standard InChI is InChI=1S/C13H12FN3O2/c14-9-6-4-8(5-7-9)10-2-1-3-11-12(13(18)19)15-16-17(10)11/h4-7,10H,1-3H2,(H,18,19). The smallest absolute Gasteiger partial charge is 0.358 e. The summed E-state index contributed by atoms with van der Waals surface area (Å²) < 4.78 is 14.6. The highest BCUT2D eigenvalue weighted by Gasteiger charge is 2.28.